The van der Waals surface area contributed by atoms with Gasteiger partial charge in [-0.2, -0.15) is 0 Å². The van der Waals surface area contributed by atoms with E-state index in [0.29, 0.717) is 22.0 Å². The van der Waals surface area contributed by atoms with Crippen LogP contribution >= 0.6 is 23.4 Å². The Morgan fingerprint density at radius 3 is 2.75 bits per heavy atom. The molecule has 0 saturated heterocycles. The van der Waals surface area contributed by atoms with Gasteiger partial charge in [0, 0.05) is 21.9 Å². The fourth-order valence-electron chi connectivity index (χ4n) is 1.73. The largest absolute Gasteiger partial charge is 0.399 e. The molecule has 0 aliphatic heterocycles. The number of hydrazine groups is 1. The summed E-state index contributed by atoms with van der Waals surface area (Å²) < 4.78 is 0. The lowest BCUT2D eigenvalue weighted by atomic mass is 10.1. The molecule has 104 valence electrons. The highest BCUT2D eigenvalue weighted by molar-refractivity contribution is 7.98. The predicted molar refractivity (Wildman–Crippen MR) is 83.5 cm³/mol. The van der Waals surface area contributed by atoms with Gasteiger partial charge >= 0.3 is 0 Å². The van der Waals surface area contributed by atoms with Crippen molar-refractivity contribution in [2.75, 3.05) is 5.73 Å². The third-order valence-electron chi connectivity index (χ3n) is 2.73. The number of hydrogen-bond acceptors (Lipinski definition) is 4. The van der Waals surface area contributed by atoms with Crippen molar-refractivity contribution < 1.29 is 4.79 Å². The third kappa shape index (κ3) is 3.45. The molecule has 0 aliphatic carbocycles. The number of benzene rings is 2. The van der Waals surface area contributed by atoms with Crippen molar-refractivity contribution in [3.8, 4) is 0 Å². The molecule has 0 heterocycles. The summed E-state index contributed by atoms with van der Waals surface area (Å²) in [5.74, 6) is 5.48. The highest BCUT2D eigenvalue weighted by Crippen LogP contribution is 2.32. The van der Waals surface area contributed by atoms with Crippen LogP contribution in [0.3, 0.4) is 0 Å². The number of rotatable bonds is 4. The second-order valence-electron chi connectivity index (χ2n) is 4.11. The number of nitrogen functional groups attached to an aromatic ring is 2. The molecule has 0 aromatic heterocycles. The van der Waals surface area contributed by atoms with Crippen molar-refractivity contribution >= 4 is 35.0 Å². The van der Waals surface area contributed by atoms with E-state index in [1.54, 1.807) is 24.3 Å². The van der Waals surface area contributed by atoms with Gasteiger partial charge in [-0.1, -0.05) is 29.8 Å². The number of anilines is 1. The third-order valence-corrected chi connectivity index (χ3v) is 4.28. The zero-order chi connectivity index (χ0) is 14.5. The Labute approximate surface area is 126 Å². The van der Waals surface area contributed by atoms with Crippen LogP contribution in [-0.4, -0.2) is 5.91 Å². The first-order chi connectivity index (χ1) is 9.61. The highest BCUT2D eigenvalue weighted by Gasteiger charge is 2.10. The lowest BCUT2D eigenvalue weighted by Crippen LogP contribution is -2.30. The molecule has 0 fully saturated rings. The van der Waals surface area contributed by atoms with Gasteiger partial charge in [0.1, 0.15) is 0 Å². The van der Waals surface area contributed by atoms with Gasteiger partial charge in [-0.05, 0) is 29.8 Å². The molecule has 6 heteroatoms. The maximum absolute atomic E-state index is 11.7. The summed E-state index contributed by atoms with van der Waals surface area (Å²) in [6.07, 6.45) is 0. The minimum absolute atomic E-state index is 0.306. The normalized spacial score (nSPS) is 10.3. The second-order valence-corrected chi connectivity index (χ2v) is 5.53. The molecule has 0 saturated carbocycles. The summed E-state index contributed by atoms with van der Waals surface area (Å²) in [6, 6.07) is 12.6. The van der Waals surface area contributed by atoms with Gasteiger partial charge in [0.2, 0.25) is 0 Å². The van der Waals surface area contributed by atoms with Gasteiger partial charge in [0.25, 0.3) is 5.91 Å². The molecule has 0 atom stereocenters. The first-order valence-electron chi connectivity index (χ1n) is 5.88. The number of carbonyl (C=O) groups excluding carboxylic acids is 1. The molecule has 0 bridgehead atoms. The number of nitrogens with one attached hydrogen (secondary N) is 1. The molecule has 0 unspecified atom stereocenters. The Morgan fingerprint density at radius 2 is 2.00 bits per heavy atom. The highest BCUT2D eigenvalue weighted by atomic mass is 35.5. The predicted octanol–water partition coefficient (Wildman–Crippen LogP) is 2.82. The van der Waals surface area contributed by atoms with E-state index in [2.05, 4.69) is 5.43 Å². The summed E-state index contributed by atoms with van der Waals surface area (Å²) in [5, 5.41) is 0.643. The molecule has 0 aliphatic rings. The maximum atomic E-state index is 11.7. The summed E-state index contributed by atoms with van der Waals surface area (Å²) in [6.45, 7) is 0. The molecule has 20 heavy (non-hydrogen) atoms. The summed E-state index contributed by atoms with van der Waals surface area (Å²) in [4.78, 5) is 12.6. The fourth-order valence-corrected chi connectivity index (χ4v) is 3.00. The molecular weight excluding hydrogens is 294 g/mol. The van der Waals surface area contributed by atoms with E-state index in [0.717, 1.165) is 10.5 Å². The van der Waals surface area contributed by atoms with E-state index in [1.807, 2.05) is 18.2 Å². The number of nitrogens with two attached hydrogens (primary N) is 2. The van der Waals surface area contributed by atoms with Crippen LogP contribution in [0.1, 0.15) is 15.9 Å². The van der Waals surface area contributed by atoms with Gasteiger partial charge in [-0.15, -0.1) is 11.8 Å². The molecule has 0 spiro atoms. The lowest BCUT2D eigenvalue weighted by molar-refractivity contribution is 0.0953. The Morgan fingerprint density at radius 1 is 1.25 bits per heavy atom. The van der Waals surface area contributed by atoms with Gasteiger partial charge in [-0.3, -0.25) is 10.2 Å². The van der Waals surface area contributed by atoms with Gasteiger partial charge in [0.15, 0.2) is 0 Å². The molecular formula is C14H14ClN3OS. The fraction of sp³-hybridized carbons (Fsp3) is 0.0714. The van der Waals surface area contributed by atoms with Crippen LogP contribution in [0.4, 0.5) is 5.69 Å². The van der Waals surface area contributed by atoms with E-state index in [4.69, 9.17) is 23.2 Å². The van der Waals surface area contributed by atoms with Crippen molar-refractivity contribution in [3.05, 3.63) is 58.6 Å². The molecule has 4 nitrogen and oxygen atoms in total. The number of amides is 1. The summed E-state index contributed by atoms with van der Waals surface area (Å²) in [7, 11) is 0. The van der Waals surface area contributed by atoms with E-state index >= 15 is 0 Å². The number of carbonyl (C=O) groups is 1. The number of hydrogen-bond donors (Lipinski definition) is 3. The maximum Gasteiger partial charge on any atom is 0.265 e. The molecule has 5 N–H and O–H groups in total. The molecule has 1 amide bonds. The van der Waals surface area contributed by atoms with Crippen LogP contribution in [0.25, 0.3) is 0 Å². The van der Waals surface area contributed by atoms with Crippen molar-refractivity contribution in [3.63, 3.8) is 0 Å². The lowest BCUT2D eigenvalue weighted by Gasteiger charge is -2.09. The quantitative estimate of drug-likeness (QED) is 0.267. The van der Waals surface area contributed by atoms with Crippen molar-refractivity contribution in [1.29, 1.82) is 0 Å². The van der Waals surface area contributed by atoms with Crippen LogP contribution in [0.5, 0.6) is 0 Å². The standard InChI is InChI=1S/C14H14ClN3OS/c15-12-6-5-10(16)7-13(12)20-8-9-3-1-2-4-11(9)14(19)18-17/h1-7H,8,16-17H2,(H,18,19). The van der Waals surface area contributed by atoms with Crippen LogP contribution in [0.2, 0.25) is 5.02 Å². The first-order valence-corrected chi connectivity index (χ1v) is 7.25. The SMILES string of the molecule is NNC(=O)c1ccccc1CSc1cc(N)ccc1Cl. The Hall–Kier alpha value is -1.69. The zero-order valence-corrected chi connectivity index (χ0v) is 12.2. The molecule has 2 rings (SSSR count). The van der Waals surface area contributed by atoms with E-state index in [-0.39, 0.29) is 5.91 Å². The molecule has 2 aromatic rings. The summed E-state index contributed by atoms with van der Waals surface area (Å²) >= 11 is 7.64. The monoisotopic (exact) mass is 307 g/mol. The first kappa shape index (κ1) is 14.7. The Bertz CT molecular complexity index is 634. The van der Waals surface area contributed by atoms with Gasteiger partial charge in [-0.25, -0.2) is 5.84 Å². The van der Waals surface area contributed by atoms with Gasteiger partial charge < -0.3 is 5.73 Å². The van der Waals surface area contributed by atoms with Crippen LogP contribution in [-0.2, 0) is 5.75 Å². The minimum Gasteiger partial charge on any atom is -0.399 e. The zero-order valence-electron chi connectivity index (χ0n) is 10.6. The van der Waals surface area contributed by atoms with Crippen LogP contribution in [0, 0.1) is 0 Å². The number of halogens is 1. The second kappa shape index (κ2) is 6.65. The van der Waals surface area contributed by atoms with Crippen LogP contribution < -0.4 is 17.0 Å². The Balaban J connectivity index is 2.19. The smallest absolute Gasteiger partial charge is 0.265 e. The average Bonchev–Trinajstić information content (AvgIpc) is 2.47. The number of thioether (sulfide) groups is 1. The molecule has 0 radical (unpaired) electrons. The average molecular weight is 308 g/mol. The topological polar surface area (TPSA) is 81.1 Å². The van der Waals surface area contributed by atoms with Gasteiger partial charge in [0.05, 0.1) is 5.02 Å². The van der Waals surface area contributed by atoms with Crippen LogP contribution in [0.15, 0.2) is 47.4 Å². The van der Waals surface area contributed by atoms with E-state index in [1.165, 1.54) is 11.8 Å². The van der Waals surface area contributed by atoms with E-state index in [9.17, 15) is 4.79 Å². The Kier molecular flexibility index (Phi) is 4.89. The summed E-state index contributed by atoms with van der Waals surface area (Å²) in [5.41, 5.74) is 9.99. The van der Waals surface area contributed by atoms with E-state index < -0.39 is 0 Å². The minimum atomic E-state index is -0.306. The van der Waals surface area contributed by atoms with Crippen molar-refractivity contribution in [2.45, 2.75) is 10.6 Å². The van der Waals surface area contributed by atoms with Crippen molar-refractivity contribution in [2.24, 2.45) is 5.84 Å². The molecule has 2 aromatic carbocycles. The van der Waals surface area contributed by atoms with Crippen molar-refractivity contribution in [1.82, 2.24) is 5.43 Å².